The fraction of sp³-hybridized carbons (Fsp3) is 0.214. The number of para-hydroxylation sites is 1. The molecule has 0 atom stereocenters. The molecule has 0 aliphatic rings. The Morgan fingerprint density at radius 3 is 3.00 bits per heavy atom. The molecule has 2 rings (SSSR count). The minimum atomic E-state index is -0.725. The summed E-state index contributed by atoms with van der Waals surface area (Å²) in [6.45, 7) is 2.19. The first kappa shape index (κ1) is 18.3. The maximum Gasteiger partial charge on any atom is 0.342 e. The van der Waals surface area contributed by atoms with Gasteiger partial charge in [-0.3, -0.25) is 14.6 Å². The molecule has 0 saturated carbocycles. The molecule has 0 bridgehead atoms. The number of phenolic OH excluding ortho intramolecular Hbond substituents is 1. The van der Waals surface area contributed by atoms with Crippen LogP contribution in [0.15, 0.2) is 37.9 Å². The van der Waals surface area contributed by atoms with Crippen molar-refractivity contribution in [3.63, 3.8) is 0 Å². The van der Waals surface area contributed by atoms with Crippen molar-refractivity contribution in [2.45, 2.75) is 11.9 Å². The summed E-state index contributed by atoms with van der Waals surface area (Å²) in [6, 6.07) is 4.89. The molecular formula is C14H15N5O5S. The number of H-pyrrole nitrogens is 2. The maximum absolute atomic E-state index is 11.7. The molecule has 0 saturated heterocycles. The van der Waals surface area contributed by atoms with Crippen LogP contribution in [-0.2, 0) is 4.79 Å². The number of aromatic nitrogens is 3. The number of benzene rings is 1. The van der Waals surface area contributed by atoms with Crippen LogP contribution in [0.4, 0.5) is 0 Å². The summed E-state index contributed by atoms with van der Waals surface area (Å²) >= 11 is 0.842. The van der Waals surface area contributed by atoms with Gasteiger partial charge in [-0.1, -0.05) is 17.8 Å². The predicted molar refractivity (Wildman–Crippen MR) is 91.2 cm³/mol. The van der Waals surface area contributed by atoms with E-state index in [1.807, 2.05) is 4.98 Å². The quantitative estimate of drug-likeness (QED) is 0.302. The molecule has 4 N–H and O–H groups in total. The highest BCUT2D eigenvalue weighted by Crippen LogP contribution is 2.28. The SMILES string of the molecule is CCOc1cccc(/C=N/NC(=O)CSc2n[nH]c(=O)[nH]c2=O)c1O. The lowest BCUT2D eigenvalue weighted by atomic mass is 10.2. The Kier molecular flexibility index (Phi) is 6.34. The maximum atomic E-state index is 11.7. The van der Waals surface area contributed by atoms with Gasteiger partial charge < -0.3 is 9.84 Å². The van der Waals surface area contributed by atoms with Crippen LogP contribution in [0.2, 0.25) is 0 Å². The predicted octanol–water partition coefficient (Wildman–Crippen LogP) is -0.195. The van der Waals surface area contributed by atoms with Crippen LogP contribution in [0.1, 0.15) is 12.5 Å². The Labute approximate surface area is 145 Å². The molecule has 25 heavy (non-hydrogen) atoms. The Morgan fingerprint density at radius 2 is 2.28 bits per heavy atom. The zero-order valence-electron chi connectivity index (χ0n) is 13.1. The Hall–Kier alpha value is -3.08. The van der Waals surface area contributed by atoms with Gasteiger partial charge in [0.1, 0.15) is 0 Å². The van der Waals surface area contributed by atoms with Crippen LogP contribution in [0, 0.1) is 0 Å². The standard InChI is InChI=1S/C14H15N5O5S/c1-2-24-9-5-3-4-8(11(9)21)6-15-17-10(20)7-25-13-12(22)16-14(23)19-18-13/h3-6,21H,2,7H2,1H3,(H,17,20)(H2,16,19,22,23)/b15-6+. The number of aromatic amines is 2. The smallest absolute Gasteiger partial charge is 0.342 e. The van der Waals surface area contributed by atoms with Crippen molar-refractivity contribution < 1.29 is 14.6 Å². The molecular weight excluding hydrogens is 350 g/mol. The summed E-state index contributed by atoms with van der Waals surface area (Å²) in [6.07, 6.45) is 1.27. The molecule has 1 aromatic heterocycles. The zero-order chi connectivity index (χ0) is 18.2. The van der Waals surface area contributed by atoms with E-state index in [-0.39, 0.29) is 16.5 Å². The third kappa shape index (κ3) is 5.21. The van der Waals surface area contributed by atoms with Crippen LogP contribution in [0.25, 0.3) is 0 Å². The molecule has 2 aromatic rings. The number of ether oxygens (including phenoxy) is 1. The summed E-state index contributed by atoms with van der Waals surface area (Å²) in [4.78, 5) is 35.9. The van der Waals surface area contributed by atoms with E-state index in [4.69, 9.17) is 4.74 Å². The lowest BCUT2D eigenvalue weighted by molar-refractivity contribution is -0.118. The van der Waals surface area contributed by atoms with Crippen LogP contribution in [-0.4, -0.2) is 44.8 Å². The Morgan fingerprint density at radius 1 is 1.48 bits per heavy atom. The first-order valence-electron chi connectivity index (χ1n) is 7.09. The number of hydrogen-bond donors (Lipinski definition) is 4. The Bertz CT molecular complexity index is 892. The van der Waals surface area contributed by atoms with Gasteiger partial charge in [-0.05, 0) is 19.1 Å². The summed E-state index contributed by atoms with van der Waals surface area (Å²) in [7, 11) is 0. The summed E-state index contributed by atoms with van der Waals surface area (Å²) < 4.78 is 5.24. The van der Waals surface area contributed by atoms with Crippen molar-refractivity contribution >= 4 is 23.9 Å². The molecule has 0 radical (unpaired) electrons. The van der Waals surface area contributed by atoms with Crippen molar-refractivity contribution in [1.82, 2.24) is 20.6 Å². The van der Waals surface area contributed by atoms with Gasteiger partial charge >= 0.3 is 5.69 Å². The number of carbonyl (C=O) groups is 1. The van der Waals surface area contributed by atoms with Crippen molar-refractivity contribution in [2.24, 2.45) is 5.10 Å². The van der Waals surface area contributed by atoms with Gasteiger partial charge in [-0.25, -0.2) is 15.3 Å². The van der Waals surface area contributed by atoms with Crippen molar-refractivity contribution in [2.75, 3.05) is 12.4 Å². The van der Waals surface area contributed by atoms with Crippen LogP contribution in [0.3, 0.4) is 0 Å². The number of hydrogen-bond acceptors (Lipinski definition) is 8. The topological polar surface area (TPSA) is 150 Å². The third-order valence-corrected chi connectivity index (χ3v) is 3.70. The molecule has 0 aliphatic carbocycles. The van der Waals surface area contributed by atoms with E-state index < -0.39 is 17.2 Å². The lowest BCUT2D eigenvalue weighted by Crippen LogP contribution is -2.26. The number of nitrogens with zero attached hydrogens (tertiary/aromatic N) is 2. The second-order valence-corrected chi connectivity index (χ2v) is 5.48. The molecule has 132 valence electrons. The second-order valence-electron chi connectivity index (χ2n) is 4.52. The number of rotatable bonds is 7. The zero-order valence-corrected chi connectivity index (χ0v) is 13.9. The highest BCUT2D eigenvalue weighted by atomic mass is 32.2. The average molecular weight is 365 g/mol. The monoisotopic (exact) mass is 365 g/mol. The summed E-state index contributed by atoms with van der Waals surface area (Å²) in [5.41, 5.74) is 1.23. The van der Waals surface area contributed by atoms with E-state index in [0.717, 1.165) is 11.8 Å². The molecule has 0 unspecified atom stereocenters. The van der Waals surface area contributed by atoms with Gasteiger partial charge in [-0.2, -0.15) is 10.2 Å². The van der Waals surface area contributed by atoms with Crippen molar-refractivity contribution in [3.05, 3.63) is 44.6 Å². The van der Waals surface area contributed by atoms with Crippen molar-refractivity contribution in [1.29, 1.82) is 0 Å². The van der Waals surface area contributed by atoms with Gasteiger partial charge in [0.15, 0.2) is 16.5 Å². The highest BCUT2D eigenvalue weighted by Gasteiger charge is 2.08. The molecule has 11 heteroatoms. The molecule has 1 heterocycles. The molecule has 0 fully saturated rings. The number of carbonyl (C=O) groups excluding carboxylic acids is 1. The number of amides is 1. The van der Waals surface area contributed by atoms with Crippen LogP contribution in [0.5, 0.6) is 11.5 Å². The third-order valence-electron chi connectivity index (χ3n) is 2.74. The number of hydrazone groups is 1. The summed E-state index contributed by atoms with van der Waals surface area (Å²) in [5, 5.41) is 19.3. The molecule has 0 aliphatic heterocycles. The van der Waals surface area contributed by atoms with Gasteiger partial charge in [0.25, 0.3) is 5.56 Å². The minimum absolute atomic E-state index is 0.0409. The van der Waals surface area contributed by atoms with Crippen LogP contribution >= 0.6 is 11.8 Å². The van der Waals surface area contributed by atoms with E-state index in [0.29, 0.717) is 17.9 Å². The van der Waals surface area contributed by atoms with Gasteiger partial charge in [0.05, 0.1) is 18.6 Å². The number of nitrogens with one attached hydrogen (secondary N) is 3. The summed E-state index contributed by atoms with van der Waals surface area (Å²) in [5.74, 6) is -0.392. The Balaban J connectivity index is 1.91. The van der Waals surface area contributed by atoms with Gasteiger partial charge in [0.2, 0.25) is 5.91 Å². The molecule has 1 aromatic carbocycles. The van der Waals surface area contributed by atoms with Gasteiger partial charge in [0, 0.05) is 5.56 Å². The van der Waals surface area contributed by atoms with E-state index in [1.54, 1.807) is 25.1 Å². The molecule has 1 amide bonds. The first-order chi connectivity index (χ1) is 12.0. The fourth-order valence-electron chi connectivity index (χ4n) is 1.69. The highest BCUT2D eigenvalue weighted by molar-refractivity contribution is 7.99. The van der Waals surface area contributed by atoms with E-state index in [9.17, 15) is 19.5 Å². The van der Waals surface area contributed by atoms with E-state index in [2.05, 4.69) is 20.7 Å². The molecule has 0 spiro atoms. The van der Waals surface area contributed by atoms with Gasteiger partial charge in [-0.15, -0.1) is 0 Å². The largest absolute Gasteiger partial charge is 0.504 e. The molecule has 10 nitrogen and oxygen atoms in total. The average Bonchev–Trinajstić information content (AvgIpc) is 2.57. The number of aromatic hydroxyl groups is 1. The van der Waals surface area contributed by atoms with E-state index in [1.165, 1.54) is 6.21 Å². The fourth-order valence-corrected chi connectivity index (χ4v) is 2.31. The first-order valence-corrected chi connectivity index (χ1v) is 8.08. The normalized spacial score (nSPS) is 10.8. The number of phenols is 1. The van der Waals surface area contributed by atoms with E-state index >= 15 is 0 Å². The minimum Gasteiger partial charge on any atom is -0.504 e. The second kappa shape index (κ2) is 8.68. The lowest BCUT2D eigenvalue weighted by Gasteiger charge is -2.07. The number of thioether (sulfide) groups is 1. The van der Waals surface area contributed by atoms with Crippen molar-refractivity contribution in [3.8, 4) is 11.5 Å². The van der Waals surface area contributed by atoms with Crippen LogP contribution < -0.4 is 21.4 Å².